The standard InChI is InChI=1S/C48H30O2/c1-3-16-45-41(14-1)43-24-22-39(29-47(43)49-45)37-12-6-9-34(27-37)32-20-18-31(19-21-32)33-8-5-10-35(26-33)36-11-7-13-38(28-36)40-23-25-44-42-15-2-4-17-46(42)50-48(44)30-40/h1-30H. The van der Waals surface area contributed by atoms with E-state index in [0.717, 1.165) is 55.0 Å². The van der Waals surface area contributed by atoms with Gasteiger partial charge in [0.05, 0.1) is 0 Å². The first-order valence-electron chi connectivity index (χ1n) is 17.0. The molecule has 10 aromatic rings. The molecule has 0 N–H and O–H groups in total. The van der Waals surface area contributed by atoms with E-state index in [2.05, 4.69) is 158 Å². The van der Waals surface area contributed by atoms with Crippen LogP contribution in [0.3, 0.4) is 0 Å². The van der Waals surface area contributed by atoms with Crippen molar-refractivity contribution in [3.63, 3.8) is 0 Å². The molecule has 0 unspecified atom stereocenters. The molecule has 234 valence electrons. The van der Waals surface area contributed by atoms with Crippen molar-refractivity contribution in [1.29, 1.82) is 0 Å². The van der Waals surface area contributed by atoms with Crippen LogP contribution >= 0.6 is 0 Å². The quantitative estimate of drug-likeness (QED) is 0.187. The predicted octanol–water partition coefficient (Wildman–Crippen LogP) is 13.8. The molecule has 2 heteroatoms. The molecule has 50 heavy (non-hydrogen) atoms. The van der Waals surface area contributed by atoms with Gasteiger partial charge in [-0.2, -0.15) is 0 Å². The van der Waals surface area contributed by atoms with Gasteiger partial charge in [0.15, 0.2) is 0 Å². The lowest BCUT2D eigenvalue weighted by Crippen LogP contribution is -1.85. The molecule has 0 aliphatic carbocycles. The molecule has 0 bridgehead atoms. The van der Waals surface area contributed by atoms with E-state index in [1.807, 2.05) is 24.3 Å². The summed E-state index contributed by atoms with van der Waals surface area (Å²) in [6.07, 6.45) is 0. The van der Waals surface area contributed by atoms with E-state index in [1.54, 1.807) is 0 Å². The van der Waals surface area contributed by atoms with Crippen molar-refractivity contribution >= 4 is 43.9 Å². The third-order valence-corrected chi connectivity index (χ3v) is 9.90. The molecule has 2 nitrogen and oxygen atoms in total. The minimum atomic E-state index is 0.912. The normalized spacial score (nSPS) is 11.6. The number of rotatable bonds is 5. The molecule has 0 saturated heterocycles. The fourth-order valence-corrected chi connectivity index (χ4v) is 7.30. The highest BCUT2D eigenvalue weighted by Crippen LogP contribution is 2.36. The number of fused-ring (bicyclic) bond motifs is 6. The monoisotopic (exact) mass is 638 g/mol. The second-order valence-corrected chi connectivity index (χ2v) is 12.9. The van der Waals surface area contributed by atoms with Gasteiger partial charge in [-0.1, -0.05) is 127 Å². The van der Waals surface area contributed by atoms with E-state index in [0.29, 0.717) is 0 Å². The van der Waals surface area contributed by atoms with Gasteiger partial charge in [-0.25, -0.2) is 0 Å². The maximum atomic E-state index is 6.18. The van der Waals surface area contributed by atoms with Crippen LogP contribution in [0.1, 0.15) is 0 Å². The Morgan fingerprint density at radius 1 is 0.200 bits per heavy atom. The summed E-state index contributed by atoms with van der Waals surface area (Å²) in [7, 11) is 0. The van der Waals surface area contributed by atoms with Crippen molar-refractivity contribution in [3.05, 3.63) is 182 Å². The average Bonchev–Trinajstić information content (AvgIpc) is 3.76. The van der Waals surface area contributed by atoms with Crippen molar-refractivity contribution < 1.29 is 8.83 Å². The SMILES string of the molecule is c1cc(-c2ccc(-c3cccc(-c4ccc5c(c4)oc4ccccc45)c3)cc2)cc(-c2cccc(-c3ccc4c(c3)oc3ccccc34)c2)c1. The van der Waals surface area contributed by atoms with Crippen LogP contribution in [0, 0.1) is 0 Å². The highest BCUT2D eigenvalue weighted by atomic mass is 16.3. The molecule has 0 fully saturated rings. The summed E-state index contributed by atoms with van der Waals surface area (Å²) in [5, 5.41) is 4.60. The third-order valence-electron chi connectivity index (χ3n) is 9.90. The summed E-state index contributed by atoms with van der Waals surface area (Å²) >= 11 is 0. The molecular formula is C48H30O2. The van der Waals surface area contributed by atoms with E-state index >= 15 is 0 Å². The fraction of sp³-hybridized carbons (Fsp3) is 0. The minimum Gasteiger partial charge on any atom is -0.456 e. The molecule has 0 amide bonds. The Morgan fingerprint density at radius 3 is 0.900 bits per heavy atom. The molecular weight excluding hydrogens is 609 g/mol. The van der Waals surface area contributed by atoms with Crippen molar-refractivity contribution in [3.8, 4) is 55.6 Å². The Balaban J connectivity index is 0.923. The van der Waals surface area contributed by atoms with E-state index in [-0.39, 0.29) is 0 Å². The van der Waals surface area contributed by atoms with Gasteiger partial charge in [0.2, 0.25) is 0 Å². The number of hydrogen-bond acceptors (Lipinski definition) is 2. The maximum Gasteiger partial charge on any atom is 0.136 e. The predicted molar refractivity (Wildman–Crippen MR) is 208 cm³/mol. The lowest BCUT2D eigenvalue weighted by molar-refractivity contribution is 0.668. The molecule has 10 rings (SSSR count). The molecule has 0 atom stereocenters. The van der Waals surface area contributed by atoms with Crippen molar-refractivity contribution in [2.45, 2.75) is 0 Å². The van der Waals surface area contributed by atoms with Gasteiger partial charge in [0.1, 0.15) is 22.3 Å². The summed E-state index contributed by atoms with van der Waals surface area (Å²) in [4.78, 5) is 0. The van der Waals surface area contributed by atoms with Crippen molar-refractivity contribution in [2.24, 2.45) is 0 Å². The first-order chi connectivity index (χ1) is 24.7. The highest BCUT2D eigenvalue weighted by molar-refractivity contribution is 6.07. The van der Waals surface area contributed by atoms with Crippen LogP contribution in [0.25, 0.3) is 99.5 Å². The summed E-state index contributed by atoms with van der Waals surface area (Å²) in [5.41, 5.74) is 15.4. The summed E-state index contributed by atoms with van der Waals surface area (Å²) in [6, 6.07) is 64.6. The van der Waals surface area contributed by atoms with Crippen LogP contribution in [-0.4, -0.2) is 0 Å². The van der Waals surface area contributed by atoms with Crippen LogP contribution in [0.4, 0.5) is 0 Å². The number of para-hydroxylation sites is 2. The van der Waals surface area contributed by atoms with Gasteiger partial charge < -0.3 is 8.83 Å². The van der Waals surface area contributed by atoms with Crippen LogP contribution in [0.5, 0.6) is 0 Å². The van der Waals surface area contributed by atoms with Gasteiger partial charge in [0.25, 0.3) is 0 Å². The molecule has 0 aliphatic heterocycles. The van der Waals surface area contributed by atoms with Gasteiger partial charge in [-0.05, 0) is 110 Å². The zero-order chi connectivity index (χ0) is 33.0. The van der Waals surface area contributed by atoms with Crippen LogP contribution in [-0.2, 0) is 0 Å². The third kappa shape index (κ3) is 4.89. The zero-order valence-electron chi connectivity index (χ0n) is 27.1. The highest BCUT2D eigenvalue weighted by Gasteiger charge is 2.11. The van der Waals surface area contributed by atoms with Gasteiger partial charge in [0, 0.05) is 21.5 Å². The molecule has 0 spiro atoms. The topological polar surface area (TPSA) is 26.3 Å². The molecule has 2 heterocycles. The molecule has 8 aromatic carbocycles. The van der Waals surface area contributed by atoms with Crippen molar-refractivity contribution in [1.82, 2.24) is 0 Å². The van der Waals surface area contributed by atoms with E-state index in [1.165, 1.54) is 44.5 Å². The largest absolute Gasteiger partial charge is 0.456 e. The number of hydrogen-bond donors (Lipinski definition) is 0. The first-order valence-corrected chi connectivity index (χ1v) is 17.0. The summed E-state index contributed by atoms with van der Waals surface area (Å²) in [5.74, 6) is 0. The Morgan fingerprint density at radius 2 is 0.500 bits per heavy atom. The second kappa shape index (κ2) is 11.5. The van der Waals surface area contributed by atoms with Crippen LogP contribution in [0.2, 0.25) is 0 Å². The average molecular weight is 639 g/mol. The summed E-state index contributed by atoms with van der Waals surface area (Å²) < 4.78 is 12.3. The molecule has 0 radical (unpaired) electrons. The second-order valence-electron chi connectivity index (χ2n) is 12.9. The van der Waals surface area contributed by atoms with E-state index < -0.39 is 0 Å². The van der Waals surface area contributed by atoms with E-state index in [4.69, 9.17) is 8.83 Å². The lowest BCUT2D eigenvalue weighted by Gasteiger charge is -2.10. The van der Waals surface area contributed by atoms with Crippen molar-refractivity contribution in [2.75, 3.05) is 0 Å². The number of benzene rings is 8. The smallest absolute Gasteiger partial charge is 0.136 e. The maximum absolute atomic E-state index is 6.18. The first kappa shape index (κ1) is 28.4. The fourth-order valence-electron chi connectivity index (χ4n) is 7.30. The van der Waals surface area contributed by atoms with Gasteiger partial charge in [-0.3, -0.25) is 0 Å². The van der Waals surface area contributed by atoms with Crippen LogP contribution in [0.15, 0.2) is 191 Å². The lowest BCUT2D eigenvalue weighted by atomic mass is 9.94. The minimum absolute atomic E-state index is 0.912. The summed E-state index contributed by atoms with van der Waals surface area (Å²) in [6.45, 7) is 0. The zero-order valence-corrected chi connectivity index (χ0v) is 27.1. The Bertz CT molecular complexity index is 2870. The Kier molecular flexibility index (Phi) is 6.53. The molecule has 0 aliphatic rings. The van der Waals surface area contributed by atoms with Crippen LogP contribution < -0.4 is 0 Å². The number of furan rings is 2. The van der Waals surface area contributed by atoms with Gasteiger partial charge >= 0.3 is 0 Å². The Labute approximate surface area is 289 Å². The molecule has 0 saturated carbocycles. The van der Waals surface area contributed by atoms with E-state index in [9.17, 15) is 0 Å². The Hall–Kier alpha value is -6.64. The molecule has 2 aromatic heterocycles. The van der Waals surface area contributed by atoms with Gasteiger partial charge in [-0.15, -0.1) is 0 Å².